The quantitative estimate of drug-likeness (QED) is 0.0261. The Balaban J connectivity index is 2.16. The molecule has 87 heavy (non-hydrogen) atoms. The first-order chi connectivity index (χ1) is 42.8. The van der Waals surface area contributed by atoms with Crippen LogP contribution in [0.5, 0.6) is 0 Å². The maximum atomic E-state index is 13.2. The number of nitrogens with one attached hydrogen (secondary N) is 1. The van der Waals surface area contributed by atoms with Gasteiger partial charge < -0.3 is 40.3 Å². The summed E-state index contributed by atoms with van der Waals surface area (Å²) in [4.78, 5) is 13.2. The van der Waals surface area contributed by atoms with E-state index in [1.165, 1.54) is 154 Å². The van der Waals surface area contributed by atoms with Gasteiger partial charge in [-0.05, 0) is 89.9 Å². The largest absolute Gasteiger partial charge is 0.394 e. The van der Waals surface area contributed by atoms with Gasteiger partial charge in [0.15, 0.2) is 6.29 Å². The molecule has 1 amide bonds. The van der Waals surface area contributed by atoms with Gasteiger partial charge in [0.25, 0.3) is 0 Å². The summed E-state index contributed by atoms with van der Waals surface area (Å²) in [5, 5.41) is 55.0. The van der Waals surface area contributed by atoms with Gasteiger partial charge in [-0.2, -0.15) is 0 Å². The number of carbonyl (C=O) groups excluding carboxylic acids is 1. The molecule has 0 aromatic rings. The topological polar surface area (TPSA) is 149 Å². The first-order valence-corrected chi connectivity index (χ1v) is 36.2. The fraction of sp³-hybridized carbons (Fsp3) is 0.731. The third-order valence-corrected chi connectivity index (χ3v) is 16.6. The Morgan fingerprint density at radius 1 is 0.402 bits per heavy atom. The number of hydrogen-bond donors (Lipinski definition) is 6. The molecular weight excluding hydrogens is 1080 g/mol. The minimum absolute atomic E-state index is 0.150. The van der Waals surface area contributed by atoms with Gasteiger partial charge in [-0.3, -0.25) is 4.79 Å². The van der Waals surface area contributed by atoms with Crippen molar-refractivity contribution in [1.82, 2.24) is 5.32 Å². The van der Waals surface area contributed by atoms with Crippen molar-refractivity contribution in [3.63, 3.8) is 0 Å². The lowest BCUT2D eigenvalue weighted by molar-refractivity contribution is -0.302. The van der Waals surface area contributed by atoms with Crippen molar-refractivity contribution in [3.05, 3.63) is 122 Å². The lowest BCUT2D eigenvalue weighted by Crippen LogP contribution is -2.60. The molecule has 7 unspecified atom stereocenters. The second-order valence-corrected chi connectivity index (χ2v) is 24.7. The zero-order valence-corrected chi connectivity index (χ0v) is 56.0. The summed E-state index contributed by atoms with van der Waals surface area (Å²) in [7, 11) is 0. The Labute approximate surface area is 535 Å². The molecule has 1 aliphatic rings. The number of aliphatic hydroxyl groups is 5. The first kappa shape index (κ1) is 81.6. The summed E-state index contributed by atoms with van der Waals surface area (Å²) >= 11 is 0. The Bertz CT molecular complexity index is 1790. The van der Waals surface area contributed by atoms with E-state index < -0.39 is 49.5 Å². The molecule has 1 saturated heterocycles. The standard InChI is InChI=1S/C78H135NO8/c1-3-5-7-9-11-13-15-17-19-21-23-25-27-29-31-32-33-34-35-36-37-38-39-40-42-44-46-48-50-52-54-56-58-60-62-64-66-68-74(82)79-71(70-86-78-77(85)76(84)75(83)73(69-80)87-78)72(81)67-65-63-61-59-57-55-53-51-49-47-45-43-41-30-28-26-24-22-20-18-16-14-12-10-8-6-4-2/h5,7,11,13,17,19,23,25,29,31,33-34,36-37,39-40,44,46,50,52,71-73,75-78,80-81,83-85H,3-4,6,8-10,12,14-16,18,20-22,24,26-28,30,32,35,38,41-43,45,47-49,51,53-70H2,1-2H3,(H,79,82)/b7-5-,13-11-,19-17-,25-23-,31-29-,34-33-,37-36-,40-39-,46-44-,52-50-. The molecule has 9 nitrogen and oxygen atoms in total. The van der Waals surface area contributed by atoms with E-state index in [9.17, 15) is 30.3 Å². The highest BCUT2D eigenvalue weighted by Crippen LogP contribution is 2.24. The SMILES string of the molecule is CC/C=C\C/C=C\C/C=C\C/C=C\C/C=C\C/C=C\C/C=C\C/C=C\C/C=C\C/C=C\CCCCCCCCC(=O)NC(COC1OC(CO)C(O)C(O)C1O)C(O)CCCCCCCCCCCCCCCCCCCCCCCCCCCCC. The summed E-state index contributed by atoms with van der Waals surface area (Å²) in [5.74, 6) is -0.160. The van der Waals surface area contributed by atoms with E-state index in [2.05, 4.69) is 141 Å². The molecule has 1 aliphatic heterocycles. The van der Waals surface area contributed by atoms with Crippen molar-refractivity contribution >= 4 is 5.91 Å². The number of amides is 1. The molecule has 500 valence electrons. The van der Waals surface area contributed by atoms with E-state index in [0.29, 0.717) is 12.8 Å². The number of unbranched alkanes of at least 4 members (excludes halogenated alkanes) is 32. The molecule has 9 heteroatoms. The molecule has 0 aromatic carbocycles. The average Bonchev–Trinajstić information content (AvgIpc) is 3.37. The molecule has 6 N–H and O–H groups in total. The van der Waals surface area contributed by atoms with Gasteiger partial charge in [0, 0.05) is 6.42 Å². The molecule has 1 heterocycles. The van der Waals surface area contributed by atoms with Crippen LogP contribution in [-0.2, 0) is 14.3 Å². The van der Waals surface area contributed by atoms with Crippen molar-refractivity contribution in [2.75, 3.05) is 13.2 Å². The normalized spacial score (nSPS) is 18.7. The summed E-state index contributed by atoms with van der Waals surface area (Å²) in [5.41, 5.74) is 0. The van der Waals surface area contributed by atoms with E-state index in [0.717, 1.165) is 128 Å². The fourth-order valence-electron chi connectivity index (χ4n) is 11.0. The van der Waals surface area contributed by atoms with Crippen molar-refractivity contribution < 1.29 is 39.8 Å². The van der Waals surface area contributed by atoms with Crippen molar-refractivity contribution in [2.45, 2.75) is 352 Å². The van der Waals surface area contributed by atoms with Crippen LogP contribution in [0.25, 0.3) is 0 Å². The zero-order chi connectivity index (χ0) is 62.8. The van der Waals surface area contributed by atoms with Crippen LogP contribution in [0.3, 0.4) is 0 Å². The highest BCUT2D eigenvalue weighted by Gasteiger charge is 2.44. The molecule has 0 saturated carbocycles. The maximum Gasteiger partial charge on any atom is 0.220 e. The highest BCUT2D eigenvalue weighted by molar-refractivity contribution is 5.76. The molecule has 0 spiro atoms. The predicted octanol–water partition coefficient (Wildman–Crippen LogP) is 20.2. The van der Waals surface area contributed by atoms with Crippen molar-refractivity contribution in [2.24, 2.45) is 0 Å². The fourth-order valence-corrected chi connectivity index (χ4v) is 11.0. The molecular formula is C78H135NO8. The van der Waals surface area contributed by atoms with Crippen LogP contribution in [0.1, 0.15) is 309 Å². The summed E-state index contributed by atoms with van der Waals surface area (Å²) in [6, 6.07) is -0.738. The van der Waals surface area contributed by atoms with E-state index in [1.807, 2.05) is 0 Å². The molecule has 0 aromatic heterocycles. The minimum atomic E-state index is -1.56. The van der Waals surface area contributed by atoms with Crippen LogP contribution in [0.15, 0.2) is 122 Å². The molecule has 1 fully saturated rings. The van der Waals surface area contributed by atoms with Gasteiger partial charge in [-0.25, -0.2) is 0 Å². The zero-order valence-electron chi connectivity index (χ0n) is 56.0. The smallest absolute Gasteiger partial charge is 0.220 e. The second kappa shape index (κ2) is 65.5. The van der Waals surface area contributed by atoms with E-state index in [1.54, 1.807) is 0 Å². The van der Waals surface area contributed by atoms with Crippen LogP contribution >= 0.6 is 0 Å². The predicted molar refractivity (Wildman–Crippen MR) is 373 cm³/mol. The Hall–Kier alpha value is -3.41. The third-order valence-electron chi connectivity index (χ3n) is 16.6. The van der Waals surface area contributed by atoms with Crippen molar-refractivity contribution in [1.29, 1.82) is 0 Å². The van der Waals surface area contributed by atoms with Crippen LogP contribution < -0.4 is 5.32 Å². The Morgan fingerprint density at radius 2 is 0.713 bits per heavy atom. The summed E-state index contributed by atoms with van der Waals surface area (Å²) in [6.07, 6.45) is 91.2. The van der Waals surface area contributed by atoms with Gasteiger partial charge in [-0.1, -0.05) is 334 Å². The van der Waals surface area contributed by atoms with Crippen LogP contribution in [-0.4, -0.2) is 87.5 Å². The Morgan fingerprint density at radius 3 is 1.06 bits per heavy atom. The maximum absolute atomic E-state index is 13.2. The van der Waals surface area contributed by atoms with Gasteiger partial charge in [0.2, 0.25) is 5.91 Å². The number of aliphatic hydroxyl groups excluding tert-OH is 5. The molecule has 0 bridgehead atoms. The Kier molecular flexibility index (Phi) is 61.5. The van der Waals surface area contributed by atoms with Crippen LogP contribution in [0.2, 0.25) is 0 Å². The van der Waals surface area contributed by atoms with Crippen LogP contribution in [0, 0.1) is 0 Å². The lowest BCUT2D eigenvalue weighted by atomic mass is 9.99. The van der Waals surface area contributed by atoms with Gasteiger partial charge >= 0.3 is 0 Å². The molecule has 7 atom stereocenters. The average molecular weight is 1210 g/mol. The molecule has 0 radical (unpaired) electrons. The summed E-state index contributed by atoms with van der Waals surface area (Å²) < 4.78 is 11.4. The number of allylic oxidation sites excluding steroid dienone is 20. The number of carbonyl (C=O) groups is 1. The van der Waals surface area contributed by atoms with Gasteiger partial charge in [-0.15, -0.1) is 0 Å². The number of ether oxygens (including phenoxy) is 2. The molecule has 1 rings (SSSR count). The third kappa shape index (κ3) is 54.1. The minimum Gasteiger partial charge on any atom is -0.394 e. The van der Waals surface area contributed by atoms with E-state index >= 15 is 0 Å². The monoisotopic (exact) mass is 1210 g/mol. The number of rotatable bonds is 62. The van der Waals surface area contributed by atoms with Crippen LogP contribution in [0.4, 0.5) is 0 Å². The molecule has 0 aliphatic carbocycles. The van der Waals surface area contributed by atoms with Gasteiger partial charge in [0.1, 0.15) is 24.4 Å². The highest BCUT2D eigenvalue weighted by atomic mass is 16.7. The van der Waals surface area contributed by atoms with Gasteiger partial charge in [0.05, 0.1) is 25.4 Å². The first-order valence-electron chi connectivity index (χ1n) is 36.2. The lowest BCUT2D eigenvalue weighted by Gasteiger charge is -2.40. The van der Waals surface area contributed by atoms with E-state index in [4.69, 9.17) is 9.47 Å². The number of hydrogen-bond acceptors (Lipinski definition) is 8. The second-order valence-electron chi connectivity index (χ2n) is 24.7. The van der Waals surface area contributed by atoms with Crippen molar-refractivity contribution in [3.8, 4) is 0 Å². The van der Waals surface area contributed by atoms with E-state index in [-0.39, 0.29) is 12.5 Å². The summed E-state index contributed by atoms with van der Waals surface area (Å²) in [6.45, 7) is 3.74.